The molecule has 0 unspecified atom stereocenters. The number of nitro groups is 1. The Bertz CT molecular complexity index is 1170. The van der Waals surface area contributed by atoms with Crippen molar-refractivity contribution >= 4 is 35.6 Å². The molecule has 1 fully saturated rings. The smallest absolute Gasteiger partial charge is 0.373 e. The second-order valence-electron chi connectivity index (χ2n) is 6.49. The fourth-order valence-corrected chi connectivity index (χ4v) is 2.80. The lowest BCUT2D eigenvalue weighted by Gasteiger charge is -2.09. The standard InChI is InChI=1S/C20H17N3O10/c1-30-17(24)10-32-15-5-3-11(8-14(15)23(28)29)7-13-18(25)22(20(27)21-13)9-12-4-6-16(33-12)19(26)31-2/h3-8H,9-10H2,1-2H3,(H,21,27). The highest BCUT2D eigenvalue weighted by atomic mass is 16.6. The Balaban J connectivity index is 1.78. The number of nitrogens with zero attached hydrogens (tertiary/aromatic N) is 2. The number of nitro benzene ring substituents is 1. The van der Waals surface area contributed by atoms with Gasteiger partial charge in [0.05, 0.1) is 25.7 Å². The van der Waals surface area contributed by atoms with Crippen LogP contribution in [0.25, 0.3) is 6.08 Å². The van der Waals surface area contributed by atoms with E-state index >= 15 is 0 Å². The molecule has 1 aromatic heterocycles. The molecular weight excluding hydrogens is 442 g/mol. The van der Waals surface area contributed by atoms with Gasteiger partial charge in [-0.3, -0.25) is 19.8 Å². The van der Waals surface area contributed by atoms with Gasteiger partial charge in [0, 0.05) is 6.07 Å². The summed E-state index contributed by atoms with van der Waals surface area (Å²) in [6.07, 6.45) is 1.25. The second-order valence-corrected chi connectivity index (χ2v) is 6.49. The number of ether oxygens (including phenoxy) is 3. The quantitative estimate of drug-likeness (QED) is 0.201. The van der Waals surface area contributed by atoms with Crippen LogP contribution in [0.1, 0.15) is 21.9 Å². The number of carbonyl (C=O) groups is 4. The highest BCUT2D eigenvalue weighted by molar-refractivity contribution is 6.13. The van der Waals surface area contributed by atoms with Gasteiger partial charge >= 0.3 is 23.7 Å². The van der Waals surface area contributed by atoms with E-state index in [0.717, 1.165) is 18.1 Å². The summed E-state index contributed by atoms with van der Waals surface area (Å²) in [5, 5.41) is 13.7. The van der Waals surface area contributed by atoms with Crippen LogP contribution in [-0.2, 0) is 25.6 Å². The lowest BCUT2D eigenvalue weighted by atomic mass is 10.1. The summed E-state index contributed by atoms with van der Waals surface area (Å²) >= 11 is 0. The van der Waals surface area contributed by atoms with Crippen LogP contribution in [0.3, 0.4) is 0 Å². The van der Waals surface area contributed by atoms with Crippen molar-refractivity contribution in [1.82, 2.24) is 10.2 Å². The fraction of sp³-hybridized carbons (Fsp3) is 0.200. The summed E-state index contributed by atoms with van der Waals surface area (Å²) < 4.78 is 19.3. The van der Waals surface area contributed by atoms with Crippen molar-refractivity contribution in [2.75, 3.05) is 20.8 Å². The van der Waals surface area contributed by atoms with Gasteiger partial charge in [0.25, 0.3) is 5.91 Å². The summed E-state index contributed by atoms with van der Waals surface area (Å²) in [6, 6.07) is 5.81. The van der Waals surface area contributed by atoms with Crippen LogP contribution < -0.4 is 10.1 Å². The maximum absolute atomic E-state index is 12.6. The van der Waals surface area contributed by atoms with Crippen molar-refractivity contribution in [3.63, 3.8) is 0 Å². The molecule has 13 nitrogen and oxygen atoms in total. The van der Waals surface area contributed by atoms with E-state index in [4.69, 9.17) is 9.15 Å². The molecule has 1 saturated heterocycles. The molecule has 3 amide bonds. The van der Waals surface area contributed by atoms with Crippen molar-refractivity contribution in [1.29, 1.82) is 0 Å². The van der Waals surface area contributed by atoms with Crippen molar-refractivity contribution in [3.05, 3.63) is 63.2 Å². The molecule has 1 aliphatic heterocycles. The molecule has 172 valence electrons. The van der Waals surface area contributed by atoms with Gasteiger partial charge in [-0.05, 0) is 29.8 Å². The molecule has 0 radical (unpaired) electrons. The molecule has 1 aromatic carbocycles. The molecule has 2 heterocycles. The van der Waals surface area contributed by atoms with Crippen LogP contribution >= 0.6 is 0 Å². The summed E-state index contributed by atoms with van der Waals surface area (Å²) in [5.74, 6) is -2.22. The van der Waals surface area contributed by atoms with Crippen LogP contribution in [0.4, 0.5) is 10.5 Å². The largest absolute Gasteiger partial charge is 0.475 e. The molecular formula is C20H17N3O10. The average molecular weight is 459 g/mol. The Labute approximate surface area is 185 Å². The van der Waals surface area contributed by atoms with Crippen molar-refractivity contribution in [3.8, 4) is 5.75 Å². The molecule has 0 atom stereocenters. The number of furan rings is 1. The Morgan fingerprint density at radius 2 is 1.94 bits per heavy atom. The van der Waals surface area contributed by atoms with Crippen LogP contribution in [0.15, 0.2) is 40.4 Å². The fourth-order valence-electron chi connectivity index (χ4n) is 2.80. The normalized spacial score (nSPS) is 14.2. The molecule has 0 spiro atoms. The lowest BCUT2D eigenvalue weighted by Crippen LogP contribution is -2.30. The topological polar surface area (TPSA) is 168 Å². The summed E-state index contributed by atoms with van der Waals surface area (Å²) in [4.78, 5) is 59.1. The SMILES string of the molecule is COC(=O)COc1ccc(C=C2NC(=O)N(Cc3ccc(C(=O)OC)o3)C2=O)cc1[N+](=O)[O-]. The number of carbonyl (C=O) groups excluding carboxylic acids is 4. The maximum Gasteiger partial charge on any atom is 0.373 e. The predicted octanol–water partition coefficient (Wildman–Crippen LogP) is 1.62. The summed E-state index contributed by atoms with van der Waals surface area (Å²) in [5.41, 5.74) is -0.353. The molecule has 0 bridgehead atoms. The minimum absolute atomic E-state index is 0.0860. The number of benzene rings is 1. The Kier molecular flexibility index (Phi) is 6.71. The molecule has 2 aromatic rings. The summed E-state index contributed by atoms with van der Waals surface area (Å²) in [6.45, 7) is -0.773. The van der Waals surface area contributed by atoms with Crippen LogP contribution in [0.5, 0.6) is 5.75 Å². The molecule has 3 rings (SSSR count). The molecule has 13 heteroatoms. The number of imide groups is 1. The number of rotatable bonds is 8. The first-order valence-corrected chi connectivity index (χ1v) is 9.23. The zero-order chi connectivity index (χ0) is 24.1. The number of methoxy groups -OCH3 is 2. The average Bonchev–Trinajstić information content (AvgIpc) is 3.37. The predicted molar refractivity (Wildman–Crippen MR) is 108 cm³/mol. The van der Waals surface area contributed by atoms with Gasteiger partial charge in [0.1, 0.15) is 11.5 Å². The van der Waals surface area contributed by atoms with Crippen LogP contribution in [-0.4, -0.2) is 54.5 Å². The Morgan fingerprint density at radius 3 is 2.61 bits per heavy atom. The number of hydrogen-bond donors (Lipinski definition) is 1. The third kappa shape index (κ3) is 5.15. The maximum atomic E-state index is 12.6. The summed E-state index contributed by atoms with van der Waals surface area (Å²) in [7, 11) is 2.33. The molecule has 0 saturated carbocycles. The minimum Gasteiger partial charge on any atom is -0.475 e. The molecule has 33 heavy (non-hydrogen) atoms. The number of hydrogen-bond acceptors (Lipinski definition) is 10. The number of nitrogens with one attached hydrogen (secondary N) is 1. The van der Waals surface area contributed by atoms with E-state index in [2.05, 4.69) is 14.8 Å². The molecule has 0 aliphatic carbocycles. The van der Waals surface area contributed by atoms with Crippen molar-refractivity contribution in [2.24, 2.45) is 0 Å². The zero-order valence-corrected chi connectivity index (χ0v) is 17.4. The Morgan fingerprint density at radius 1 is 1.18 bits per heavy atom. The first kappa shape index (κ1) is 23.0. The monoisotopic (exact) mass is 459 g/mol. The van der Waals surface area contributed by atoms with Gasteiger partial charge in [0.15, 0.2) is 12.4 Å². The van der Waals surface area contributed by atoms with Crippen molar-refractivity contribution < 1.29 is 42.7 Å². The molecule has 1 aliphatic rings. The highest BCUT2D eigenvalue weighted by Crippen LogP contribution is 2.29. The van der Waals surface area contributed by atoms with E-state index in [0.29, 0.717) is 0 Å². The van der Waals surface area contributed by atoms with Crippen molar-refractivity contribution in [2.45, 2.75) is 6.54 Å². The lowest BCUT2D eigenvalue weighted by molar-refractivity contribution is -0.385. The first-order chi connectivity index (χ1) is 15.7. The molecule has 1 N–H and O–H groups in total. The van der Waals surface area contributed by atoms with E-state index < -0.39 is 41.1 Å². The van der Waals surface area contributed by atoms with E-state index in [1.807, 2.05) is 0 Å². The number of esters is 2. The van der Waals surface area contributed by atoms with Gasteiger partial charge < -0.3 is 23.9 Å². The number of urea groups is 1. The second kappa shape index (κ2) is 9.64. The van der Waals surface area contributed by atoms with Gasteiger partial charge in [-0.2, -0.15) is 0 Å². The van der Waals surface area contributed by atoms with Gasteiger partial charge in [-0.25, -0.2) is 14.4 Å². The van der Waals surface area contributed by atoms with Crippen LogP contribution in [0.2, 0.25) is 0 Å². The first-order valence-electron chi connectivity index (χ1n) is 9.23. The van der Waals surface area contributed by atoms with E-state index in [-0.39, 0.29) is 35.1 Å². The van der Waals surface area contributed by atoms with E-state index in [9.17, 15) is 29.3 Å². The minimum atomic E-state index is -0.741. The van der Waals surface area contributed by atoms with Gasteiger partial charge in [0.2, 0.25) is 5.76 Å². The van der Waals surface area contributed by atoms with E-state index in [1.54, 1.807) is 0 Å². The zero-order valence-electron chi connectivity index (χ0n) is 17.4. The van der Waals surface area contributed by atoms with Crippen LogP contribution in [0, 0.1) is 10.1 Å². The number of amides is 3. The van der Waals surface area contributed by atoms with Gasteiger partial charge in [-0.1, -0.05) is 6.07 Å². The van der Waals surface area contributed by atoms with Gasteiger partial charge in [-0.15, -0.1) is 0 Å². The van der Waals surface area contributed by atoms with E-state index in [1.165, 1.54) is 37.5 Å². The highest BCUT2D eigenvalue weighted by Gasteiger charge is 2.34. The Hall–Kier alpha value is -4.68. The third-order valence-corrected chi connectivity index (χ3v) is 4.39. The third-order valence-electron chi connectivity index (χ3n) is 4.39.